The van der Waals surface area contributed by atoms with E-state index in [0.717, 1.165) is 42.6 Å². The first kappa shape index (κ1) is 15.6. The molecule has 0 bridgehead atoms. The van der Waals surface area contributed by atoms with Crippen LogP contribution in [0, 0.1) is 0 Å². The normalized spacial score (nSPS) is 19.0. The summed E-state index contributed by atoms with van der Waals surface area (Å²) in [7, 11) is 3.34. The van der Waals surface area contributed by atoms with Crippen molar-refractivity contribution in [2.45, 2.75) is 26.4 Å². The summed E-state index contributed by atoms with van der Waals surface area (Å²) in [6.07, 6.45) is 0. The molecule has 0 saturated heterocycles. The van der Waals surface area contributed by atoms with Crippen LogP contribution in [0.4, 0.5) is 0 Å². The Kier molecular flexibility index (Phi) is 5.44. The molecule has 1 unspecified atom stereocenters. The van der Waals surface area contributed by atoms with Gasteiger partial charge >= 0.3 is 0 Å². The third-order valence-electron chi connectivity index (χ3n) is 3.72. The van der Waals surface area contributed by atoms with Gasteiger partial charge in [0, 0.05) is 24.7 Å². The van der Waals surface area contributed by atoms with Gasteiger partial charge < -0.3 is 14.2 Å². The summed E-state index contributed by atoms with van der Waals surface area (Å²) in [5, 5.41) is 0. The molecule has 1 atom stereocenters. The van der Waals surface area contributed by atoms with E-state index in [1.807, 2.05) is 19.1 Å². The van der Waals surface area contributed by atoms with Crippen LogP contribution in [0.5, 0.6) is 11.5 Å². The molecule has 0 N–H and O–H groups in total. The van der Waals surface area contributed by atoms with Gasteiger partial charge in [-0.25, -0.2) is 0 Å². The van der Waals surface area contributed by atoms with Crippen molar-refractivity contribution < 1.29 is 14.2 Å². The lowest BCUT2D eigenvalue weighted by Gasteiger charge is -2.32. The van der Waals surface area contributed by atoms with E-state index in [4.69, 9.17) is 14.2 Å². The summed E-state index contributed by atoms with van der Waals surface area (Å²) in [5.41, 5.74) is 1.14. The van der Waals surface area contributed by atoms with Crippen LogP contribution in [-0.4, -0.2) is 50.8 Å². The number of ether oxygens (including phenoxy) is 3. The molecule has 1 aliphatic rings. The molecule has 0 amide bonds. The van der Waals surface area contributed by atoms with Crippen molar-refractivity contribution in [1.29, 1.82) is 0 Å². The van der Waals surface area contributed by atoms with Crippen LogP contribution in [0.3, 0.4) is 0 Å². The number of rotatable bonds is 5. The second-order valence-corrected chi connectivity index (χ2v) is 4.98. The average molecular weight is 292 g/mol. The minimum absolute atomic E-state index is 0.186. The minimum atomic E-state index is 0.186. The van der Waals surface area contributed by atoms with Crippen LogP contribution in [0.15, 0.2) is 23.2 Å². The number of methoxy groups -OCH3 is 2. The van der Waals surface area contributed by atoms with Crippen LogP contribution < -0.4 is 9.47 Å². The zero-order chi connectivity index (χ0) is 15.2. The molecule has 1 aromatic carbocycles. The van der Waals surface area contributed by atoms with Crippen molar-refractivity contribution in [1.82, 2.24) is 4.90 Å². The fourth-order valence-corrected chi connectivity index (χ4v) is 2.50. The summed E-state index contributed by atoms with van der Waals surface area (Å²) in [6.45, 7) is 7.28. The number of benzene rings is 1. The maximum absolute atomic E-state index is 5.61. The van der Waals surface area contributed by atoms with E-state index in [9.17, 15) is 0 Å². The highest BCUT2D eigenvalue weighted by Gasteiger charge is 2.25. The lowest BCUT2D eigenvalue weighted by atomic mass is 10.1. The summed E-state index contributed by atoms with van der Waals surface area (Å²) >= 11 is 0. The SMILES string of the molecule is CCOC1=NCCN(Cc2ccc(OC)cc2OC)C1C. The van der Waals surface area contributed by atoms with Crippen molar-refractivity contribution >= 4 is 5.90 Å². The fourth-order valence-electron chi connectivity index (χ4n) is 2.50. The van der Waals surface area contributed by atoms with E-state index >= 15 is 0 Å². The van der Waals surface area contributed by atoms with Gasteiger partial charge in [0.1, 0.15) is 11.5 Å². The molecular weight excluding hydrogens is 268 g/mol. The molecule has 1 aromatic rings. The summed E-state index contributed by atoms with van der Waals surface area (Å²) in [6, 6.07) is 6.12. The largest absolute Gasteiger partial charge is 0.497 e. The zero-order valence-electron chi connectivity index (χ0n) is 13.3. The van der Waals surface area contributed by atoms with Crippen LogP contribution in [-0.2, 0) is 11.3 Å². The molecule has 116 valence electrons. The smallest absolute Gasteiger partial charge is 0.200 e. The van der Waals surface area contributed by atoms with Crippen molar-refractivity contribution in [2.75, 3.05) is 33.9 Å². The molecule has 5 nitrogen and oxygen atoms in total. The predicted octanol–water partition coefficient (Wildman–Crippen LogP) is 2.34. The van der Waals surface area contributed by atoms with Crippen molar-refractivity contribution in [3.05, 3.63) is 23.8 Å². The second-order valence-electron chi connectivity index (χ2n) is 4.98. The fraction of sp³-hybridized carbons (Fsp3) is 0.562. The van der Waals surface area contributed by atoms with E-state index in [0.29, 0.717) is 6.61 Å². The Labute approximate surface area is 126 Å². The van der Waals surface area contributed by atoms with Crippen LogP contribution in [0.2, 0.25) is 0 Å². The van der Waals surface area contributed by atoms with E-state index in [-0.39, 0.29) is 6.04 Å². The molecule has 0 aliphatic carbocycles. The molecule has 1 heterocycles. The lowest BCUT2D eigenvalue weighted by Crippen LogP contribution is -2.44. The van der Waals surface area contributed by atoms with Crippen LogP contribution in [0.25, 0.3) is 0 Å². The highest BCUT2D eigenvalue weighted by molar-refractivity contribution is 5.82. The molecule has 21 heavy (non-hydrogen) atoms. The van der Waals surface area contributed by atoms with Gasteiger partial charge in [-0.05, 0) is 19.9 Å². The molecule has 0 spiro atoms. The number of hydrogen-bond donors (Lipinski definition) is 0. The molecule has 2 rings (SSSR count). The number of hydrogen-bond acceptors (Lipinski definition) is 5. The lowest BCUT2D eigenvalue weighted by molar-refractivity contribution is 0.192. The van der Waals surface area contributed by atoms with Gasteiger partial charge in [0.05, 0.1) is 33.4 Å². The summed E-state index contributed by atoms with van der Waals surface area (Å²) in [5.74, 6) is 2.48. The maximum Gasteiger partial charge on any atom is 0.200 e. The highest BCUT2D eigenvalue weighted by atomic mass is 16.5. The van der Waals surface area contributed by atoms with Gasteiger partial charge in [-0.1, -0.05) is 6.07 Å². The highest BCUT2D eigenvalue weighted by Crippen LogP contribution is 2.26. The van der Waals surface area contributed by atoms with E-state index in [1.165, 1.54) is 0 Å². The number of aliphatic imine (C=N–C) groups is 1. The van der Waals surface area contributed by atoms with Gasteiger partial charge in [-0.15, -0.1) is 0 Å². The van der Waals surface area contributed by atoms with E-state index in [2.05, 4.69) is 22.9 Å². The summed E-state index contributed by atoms with van der Waals surface area (Å²) in [4.78, 5) is 6.81. The molecule has 0 aromatic heterocycles. The van der Waals surface area contributed by atoms with Crippen molar-refractivity contribution in [3.63, 3.8) is 0 Å². The predicted molar refractivity (Wildman–Crippen MR) is 83.3 cm³/mol. The van der Waals surface area contributed by atoms with Gasteiger partial charge in [-0.2, -0.15) is 0 Å². The minimum Gasteiger partial charge on any atom is -0.497 e. The Balaban J connectivity index is 2.13. The topological polar surface area (TPSA) is 43.3 Å². The Morgan fingerprint density at radius 2 is 2.10 bits per heavy atom. The average Bonchev–Trinajstić information content (AvgIpc) is 2.51. The second kappa shape index (κ2) is 7.31. The van der Waals surface area contributed by atoms with Gasteiger partial charge in [-0.3, -0.25) is 9.89 Å². The first-order valence-corrected chi connectivity index (χ1v) is 7.31. The Bertz CT molecular complexity index is 502. The zero-order valence-corrected chi connectivity index (χ0v) is 13.3. The molecule has 0 radical (unpaired) electrons. The molecule has 1 aliphatic heterocycles. The van der Waals surface area contributed by atoms with Crippen LogP contribution >= 0.6 is 0 Å². The Hall–Kier alpha value is -1.75. The van der Waals surface area contributed by atoms with Crippen molar-refractivity contribution in [3.8, 4) is 11.5 Å². The molecular formula is C16H24N2O3. The van der Waals surface area contributed by atoms with Gasteiger partial charge in [0.25, 0.3) is 0 Å². The Morgan fingerprint density at radius 3 is 2.76 bits per heavy atom. The first-order chi connectivity index (χ1) is 10.2. The first-order valence-electron chi connectivity index (χ1n) is 7.31. The molecule has 0 saturated carbocycles. The molecule has 5 heteroatoms. The third kappa shape index (κ3) is 3.67. The number of nitrogens with zero attached hydrogens (tertiary/aromatic N) is 2. The molecule has 0 fully saturated rings. The van der Waals surface area contributed by atoms with Gasteiger partial charge in [0.2, 0.25) is 5.90 Å². The van der Waals surface area contributed by atoms with Crippen molar-refractivity contribution in [2.24, 2.45) is 4.99 Å². The van der Waals surface area contributed by atoms with Crippen LogP contribution in [0.1, 0.15) is 19.4 Å². The third-order valence-corrected chi connectivity index (χ3v) is 3.72. The quantitative estimate of drug-likeness (QED) is 0.835. The summed E-state index contributed by atoms with van der Waals surface area (Å²) < 4.78 is 16.3. The maximum atomic E-state index is 5.61. The van der Waals surface area contributed by atoms with E-state index < -0.39 is 0 Å². The Morgan fingerprint density at radius 1 is 1.29 bits per heavy atom. The standard InChI is InChI=1S/C16H24N2O3/c1-5-21-16-12(2)18(9-8-17-16)11-13-6-7-14(19-3)10-15(13)20-4/h6-7,10,12H,5,8-9,11H2,1-4H3. The van der Waals surface area contributed by atoms with E-state index in [1.54, 1.807) is 14.2 Å². The monoisotopic (exact) mass is 292 g/mol. The van der Waals surface area contributed by atoms with Gasteiger partial charge in [0.15, 0.2) is 0 Å².